The Morgan fingerprint density at radius 1 is 0.824 bits per heavy atom. The standard InChI is InChI=1S/C29H21ClN2O2/c1-19-27(23-11-5-6-12-24(23)31-28(19)20-15-17-21(30)18-16-20)29(33)32-25-13-7-8-14-26(25)34-22-9-3-2-4-10-22/h2-18H,1H3,(H,32,33). The average molecular weight is 465 g/mol. The molecule has 0 aliphatic rings. The van der Waals surface area contributed by atoms with Crippen LogP contribution in [0.25, 0.3) is 22.2 Å². The van der Waals surface area contributed by atoms with Crippen LogP contribution in [0.1, 0.15) is 15.9 Å². The first-order valence-corrected chi connectivity index (χ1v) is 11.3. The molecule has 5 aromatic rings. The number of pyridine rings is 1. The maximum Gasteiger partial charge on any atom is 0.256 e. The number of halogens is 1. The highest BCUT2D eigenvalue weighted by Gasteiger charge is 2.20. The summed E-state index contributed by atoms with van der Waals surface area (Å²) in [6.07, 6.45) is 0. The van der Waals surface area contributed by atoms with Crippen molar-refractivity contribution in [1.29, 1.82) is 0 Å². The Morgan fingerprint density at radius 3 is 2.29 bits per heavy atom. The van der Waals surface area contributed by atoms with Crippen molar-refractivity contribution in [3.8, 4) is 22.8 Å². The Kier molecular flexibility index (Phi) is 5.98. The Morgan fingerprint density at radius 2 is 1.50 bits per heavy atom. The molecule has 0 radical (unpaired) electrons. The van der Waals surface area contributed by atoms with Gasteiger partial charge in [-0.05, 0) is 55.0 Å². The van der Waals surface area contributed by atoms with Crippen molar-refractivity contribution in [3.63, 3.8) is 0 Å². The molecule has 166 valence electrons. The molecule has 5 rings (SSSR count). The molecule has 1 N–H and O–H groups in total. The summed E-state index contributed by atoms with van der Waals surface area (Å²) in [6.45, 7) is 1.92. The molecule has 4 nitrogen and oxygen atoms in total. The van der Waals surface area contributed by atoms with Gasteiger partial charge in [-0.2, -0.15) is 0 Å². The van der Waals surface area contributed by atoms with Gasteiger partial charge in [-0.15, -0.1) is 0 Å². The Balaban J connectivity index is 1.57. The number of nitrogens with zero attached hydrogens (tertiary/aromatic N) is 1. The van der Waals surface area contributed by atoms with Gasteiger partial charge in [0.1, 0.15) is 5.75 Å². The number of rotatable bonds is 5. The predicted octanol–water partition coefficient (Wildman–Crippen LogP) is 7.91. The van der Waals surface area contributed by atoms with Gasteiger partial charge < -0.3 is 10.1 Å². The fourth-order valence-electron chi connectivity index (χ4n) is 3.95. The van der Waals surface area contributed by atoms with Crippen molar-refractivity contribution in [2.24, 2.45) is 0 Å². The van der Waals surface area contributed by atoms with Crippen molar-refractivity contribution in [2.45, 2.75) is 6.92 Å². The van der Waals surface area contributed by atoms with Crippen molar-refractivity contribution in [1.82, 2.24) is 4.98 Å². The van der Waals surface area contributed by atoms with E-state index in [-0.39, 0.29) is 5.91 Å². The molecule has 0 aliphatic heterocycles. The highest BCUT2D eigenvalue weighted by Crippen LogP contribution is 2.33. The van der Waals surface area contributed by atoms with Crippen LogP contribution in [-0.4, -0.2) is 10.9 Å². The molecular weight excluding hydrogens is 444 g/mol. The number of benzene rings is 4. The second kappa shape index (κ2) is 9.38. The number of carbonyl (C=O) groups excluding carboxylic acids is 1. The molecule has 0 saturated carbocycles. The SMILES string of the molecule is Cc1c(-c2ccc(Cl)cc2)nc2ccccc2c1C(=O)Nc1ccccc1Oc1ccccc1. The number of hydrogen-bond donors (Lipinski definition) is 1. The lowest BCUT2D eigenvalue weighted by Gasteiger charge is -2.16. The maximum absolute atomic E-state index is 13.7. The van der Waals surface area contributed by atoms with E-state index in [1.165, 1.54) is 0 Å². The first-order valence-electron chi connectivity index (χ1n) is 10.9. The molecule has 1 amide bonds. The maximum atomic E-state index is 13.7. The van der Waals surface area contributed by atoms with Gasteiger partial charge in [-0.3, -0.25) is 4.79 Å². The van der Waals surface area contributed by atoms with Gasteiger partial charge in [0, 0.05) is 16.0 Å². The van der Waals surface area contributed by atoms with E-state index >= 15 is 0 Å². The van der Waals surface area contributed by atoms with Crippen molar-refractivity contribution in [2.75, 3.05) is 5.32 Å². The van der Waals surface area contributed by atoms with Crippen LogP contribution in [0.2, 0.25) is 5.02 Å². The molecule has 4 aromatic carbocycles. The molecule has 0 atom stereocenters. The molecule has 0 spiro atoms. The number of ether oxygens (including phenoxy) is 1. The first kappa shape index (κ1) is 21.7. The second-order valence-corrected chi connectivity index (χ2v) is 8.29. The molecule has 5 heteroatoms. The highest BCUT2D eigenvalue weighted by atomic mass is 35.5. The Bertz CT molecular complexity index is 1480. The number of amides is 1. The quantitative estimate of drug-likeness (QED) is 0.287. The third kappa shape index (κ3) is 4.36. The van der Waals surface area contributed by atoms with Gasteiger partial charge in [-0.25, -0.2) is 4.98 Å². The summed E-state index contributed by atoms with van der Waals surface area (Å²) in [4.78, 5) is 18.5. The summed E-state index contributed by atoms with van der Waals surface area (Å²) in [5.74, 6) is 1.03. The summed E-state index contributed by atoms with van der Waals surface area (Å²) < 4.78 is 6.03. The number of aromatic nitrogens is 1. The van der Waals surface area contributed by atoms with E-state index in [9.17, 15) is 4.79 Å². The van der Waals surface area contributed by atoms with Crippen LogP contribution in [0.3, 0.4) is 0 Å². The molecule has 34 heavy (non-hydrogen) atoms. The largest absolute Gasteiger partial charge is 0.455 e. The zero-order valence-electron chi connectivity index (χ0n) is 18.5. The second-order valence-electron chi connectivity index (χ2n) is 7.85. The zero-order chi connectivity index (χ0) is 23.5. The van der Waals surface area contributed by atoms with E-state index < -0.39 is 0 Å². The van der Waals surface area contributed by atoms with Gasteiger partial charge in [0.15, 0.2) is 5.75 Å². The third-order valence-electron chi connectivity index (χ3n) is 5.59. The third-order valence-corrected chi connectivity index (χ3v) is 5.84. The number of para-hydroxylation sites is 4. The predicted molar refractivity (Wildman–Crippen MR) is 138 cm³/mol. The minimum Gasteiger partial charge on any atom is -0.455 e. The number of hydrogen-bond acceptors (Lipinski definition) is 3. The first-order chi connectivity index (χ1) is 16.6. The lowest BCUT2D eigenvalue weighted by molar-refractivity contribution is 0.102. The lowest BCUT2D eigenvalue weighted by Crippen LogP contribution is -2.15. The summed E-state index contributed by atoms with van der Waals surface area (Å²) >= 11 is 6.08. The normalized spacial score (nSPS) is 10.8. The average Bonchev–Trinajstić information content (AvgIpc) is 2.86. The minimum absolute atomic E-state index is 0.226. The minimum atomic E-state index is -0.226. The number of fused-ring (bicyclic) bond motifs is 1. The van der Waals surface area contributed by atoms with Crippen molar-refractivity contribution in [3.05, 3.63) is 119 Å². The monoisotopic (exact) mass is 464 g/mol. The van der Waals surface area contributed by atoms with E-state index in [2.05, 4.69) is 5.32 Å². The Hall–Kier alpha value is -4.15. The van der Waals surface area contributed by atoms with Crippen molar-refractivity contribution < 1.29 is 9.53 Å². The van der Waals surface area contributed by atoms with Gasteiger partial charge in [0.25, 0.3) is 5.91 Å². The smallest absolute Gasteiger partial charge is 0.256 e. The summed E-state index contributed by atoms with van der Waals surface area (Å²) in [5, 5.41) is 4.49. The summed E-state index contributed by atoms with van der Waals surface area (Å²) in [7, 11) is 0. The lowest BCUT2D eigenvalue weighted by atomic mass is 9.97. The molecule has 0 aliphatic carbocycles. The van der Waals surface area contributed by atoms with Crippen LogP contribution in [0.15, 0.2) is 103 Å². The van der Waals surface area contributed by atoms with Gasteiger partial charge in [0.2, 0.25) is 0 Å². The molecule has 1 heterocycles. The number of anilines is 1. The van der Waals surface area contributed by atoms with Crippen LogP contribution >= 0.6 is 11.6 Å². The summed E-state index contributed by atoms with van der Waals surface area (Å²) in [6, 6.07) is 32.0. The van der Waals surface area contributed by atoms with Crippen LogP contribution in [-0.2, 0) is 0 Å². The van der Waals surface area contributed by atoms with Gasteiger partial charge in [-0.1, -0.05) is 72.3 Å². The van der Waals surface area contributed by atoms with Gasteiger partial charge >= 0.3 is 0 Å². The number of carbonyl (C=O) groups is 1. The molecular formula is C29H21ClN2O2. The zero-order valence-corrected chi connectivity index (χ0v) is 19.2. The molecule has 0 fully saturated rings. The van der Waals surface area contributed by atoms with Crippen LogP contribution < -0.4 is 10.1 Å². The van der Waals surface area contributed by atoms with E-state index in [0.29, 0.717) is 27.8 Å². The molecule has 0 unspecified atom stereocenters. The summed E-state index contributed by atoms with van der Waals surface area (Å²) in [5.41, 5.74) is 4.34. The van der Waals surface area contributed by atoms with Crippen LogP contribution in [0.5, 0.6) is 11.5 Å². The molecule has 0 saturated heterocycles. The van der Waals surface area contributed by atoms with E-state index in [0.717, 1.165) is 27.7 Å². The van der Waals surface area contributed by atoms with Crippen molar-refractivity contribution >= 4 is 34.1 Å². The Labute approximate surface area is 202 Å². The fraction of sp³-hybridized carbons (Fsp3) is 0.0345. The molecule has 1 aromatic heterocycles. The van der Waals surface area contributed by atoms with E-state index in [1.807, 2.05) is 110 Å². The molecule has 0 bridgehead atoms. The van der Waals surface area contributed by atoms with Crippen LogP contribution in [0, 0.1) is 6.92 Å². The topological polar surface area (TPSA) is 51.2 Å². The fourth-order valence-corrected chi connectivity index (χ4v) is 4.07. The van der Waals surface area contributed by atoms with Crippen LogP contribution in [0.4, 0.5) is 5.69 Å². The van der Waals surface area contributed by atoms with E-state index in [1.54, 1.807) is 0 Å². The number of nitrogens with one attached hydrogen (secondary N) is 1. The van der Waals surface area contributed by atoms with E-state index in [4.69, 9.17) is 21.3 Å². The highest BCUT2D eigenvalue weighted by molar-refractivity contribution is 6.30. The van der Waals surface area contributed by atoms with Gasteiger partial charge in [0.05, 0.1) is 22.5 Å².